The van der Waals surface area contributed by atoms with E-state index in [1.807, 2.05) is 18.2 Å². The molecule has 0 spiro atoms. The summed E-state index contributed by atoms with van der Waals surface area (Å²) in [6.07, 6.45) is 11.6. The van der Waals surface area contributed by atoms with Gasteiger partial charge >= 0.3 is 5.97 Å². The fraction of sp³-hybridized carbons (Fsp3) is 0.524. The predicted octanol–water partition coefficient (Wildman–Crippen LogP) is 4.42. The molecule has 0 radical (unpaired) electrons. The minimum Gasteiger partial charge on any atom is -0.481 e. The molecule has 4 nitrogen and oxygen atoms in total. The number of aromatic nitrogens is 1. The fourth-order valence-electron chi connectivity index (χ4n) is 2.38. The van der Waals surface area contributed by atoms with Crippen molar-refractivity contribution in [1.29, 1.82) is 0 Å². The summed E-state index contributed by atoms with van der Waals surface area (Å²) in [6, 6.07) is 5.50. The van der Waals surface area contributed by atoms with E-state index in [4.69, 9.17) is 5.11 Å². The van der Waals surface area contributed by atoms with Crippen LogP contribution in [0.2, 0.25) is 0 Å². The van der Waals surface area contributed by atoms with E-state index < -0.39 is 12.1 Å². The Morgan fingerprint density at radius 2 is 2.00 bits per heavy atom. The van der Waals surface area contributed by atoms with E-state index in [9.17, 15) is 9.90 Å². The summed E-state index contributed by atoms with van der Waals surface area (Å²) in [5, 5.41) is 18.6. The molecule has 0 saturated heterocycles. The van der Waals surface area contributed by atoms with Gasteiger partial charge in [-0.25, -0.2) is 4.98 Å². The third-order valence-electron chi connectivity index (χ3n) is 3.79. The first kappa shape index (κ1) is 20.9. The molecule has 4 heteroatoms. The van der Waals surface area contributed by atoms with Gasteiger partial charge < -0.3 is 10.2 Å². The van der Waals surface area contributed by atoms with Gasteiger partial charge in [0.05, 0.1) is 18.2 Å². The average molecular weight is 343 g/mol. The van der Waals surface area contributed by atoms with Crippen LogP contribution >= 0.6 is 0 Å². The second-order valence-electron chi connectivity index (χ2n) is 6.13. The van der Waals surface area contributed by atoms with Crippen LogP contribution in [0.5, 0.6) is 0 Å². The van der Waals surface area contributed by atoms with Crippen LogP contribution in [0, 0.1) is 11.8 Å². The lowest BCUT2D eigenvalue weighted by atomic mass is 10.1. The molecule has 0 aliphatic carbocycles. The van der Waals surface area contributed by atoms with Gasteiger partial charge in [0.25, 0.3) is 0 Å². The number of rotatable bonds is 11. The molecule has 1 atom stereocenters. The Hall–Kier alpha value is -2.12. The molecule has 1 aromatic rings. The molecule has 1 aromatic heterocycles. The molecule has 0 fully saturated rings. The number of hydrogen-bond acceptors (Lipinski definition) is 3. The van der Waals surface area contributed by atoms with E-state index in [1.165, 1.54) is 32.1 Å². The third kappa shape index (κ3) is 11.1. The number of unbranched alkanes of at least 4 members (excludes halogenated alkanes) is 5. The zero-order chi connectivity index (χ0) is 18.3. The van der Waals surface area contributed by atoms with E-state index in [-0.39, 0.29) is 6.42 Å². The second-order valence-corrected chi connectivity index (χ2v) is 6.13. The van der Waals surface area contributed by atoms with E-state index in [1.54, 1.807) is 12.1 Å². The lowest BCUT2D eigenvalue weighted by Gasteiger charge is -2.05. The summed E-state index contributed by atoms with van der Waals surface area (Å²) in [4.78, 5) is 14.8. The van der Waals surface area contributed by atoms with Crippen LogP contribution in [-0.4, -0.2) is 27.3 Å². The van der Waals surface area contributed by atoms with Crippen molar-refractivity contribution in [2.24, 2.45) is 0 Å². The highest BCUT2D eigenvalue weighted by atomic mass is 16.4. The molecule has 1 heterocycles. The second kappa shape index (κ2) is 13.2. The molecule has 1 rings (SSSR count). The first-order chi connectivity index (χ1) is 12.1. The maximum atomic E-state index is 10.4. The maximum absolute atomic E-state index is 10.4. The number of aliphatic hydroxyl groups is 1. The van der Waals surface area contributed by atoms with Crippen LogP contribution in [0.25, 0.3) is 6.08 Å². The van der Waals surface area contributed by atoms with Gasteiger partial charge in [0.2, 0.25) is 0 Å². The lowest BCUT2D eigenvalue weighted by molar-refractivity contribution is -0.136. The minimum absolute atomic E-state index is 0.0389. The first-order valence-electron chi connectivity index (χ1n) is 9.15. The fourth-order valence-corrected chi connectivity index (χ4v) is 2.38. The van der Waals surface area contributed by atoms with Gasteiger partial charge in [0.1, 0.15) is 5.69 Å². The zero-order valence-corrected chi connectivity index (χ0v) is 15.1. The maximum Gasteiger partial charge on any atom is 0.304 e. The van der Waals surface area contributed by atoms with Crippen LogP contribution in [0.3, 0.4) is 0 Å². The molecule has 0 bridgehead atoms. The summed E-state index contributed by atoms with van der Waals surface area (Å²) in [5.74, 6) is 4.82. The minimum atomic E-state index is -0.849. The topological polar surface area (TPSA) is 70.4 Å². The van der Waals surface area contributed by atoms with E-state index in [0.717, 1.165) is 18.5 Å². The first-order valence-corrected chi connectivity index (χ1v) is 9.15. The van der Waals surface area contributed by atoms with Gasteiger partial charge in [0.15, 0.2) is 0 Å². The summed E-state index contributed by atoms with van der Waals surface area (Å²) < 4.78 is 0. The summed E-state index contributed by atoms with van der Waals surface area (Å²) in [6.45, 7) is 2.21. The van der Waals surface area contributed by atoms with Crippen LogP contribution in [0.4, 0.5) is 0 Å². The Morgan fingerprint density at radius 3 is 2.76 bits per heavy atom. The largest absolute Gasteiger partial charge is 0.481 e. The molecule has 1 unspecified atom stereocenters. The number of carboxylic acid groups (broad SMARTS) is 1. The molecule has 0 aromatic carbocycles. The van der Waals surface area contributed by atoms with Crippen molar-refractivity contribution in [1.82, 2.24) is 4.98 Å². The monoisotopic (exact) mass is 343 g/mol. The van der Waals surface area contributed by atoms with Crippen LogP contribution in [0.1, 0.15) is 76.1 Å². The molecular formula is C21H29NO3. The zero-order valence-electron chi connectivity index (χ0n) is 15.1. The average Bonchev–Trinajstić information content (AvgIpc) is 2.60. The Morgan fingerprint density at radius 1 is 1.24 bits per heavy atom. The van der Waals surface area contributed by atoms with Gasteiger partial charge in [0, 0.05) is 6.42 Å². The quantitative estimate of drug-likeness (QED) is 0.461. The molecule has 136 valence electrons. The number of aliphatic hydroxyl groups excluding tert-OH is 1. The van der Waals surface area contributed by atoms with Gasteiger partial charge in [-0.15, -0.1) is 0 Å². The highest BCUT2D eigenvalue weighted by Crippen LogP contribution is 2.10. The van der Waals surface area contributed by atoms with E-state index >= 15 is 0 Å². The van der Waals surface area contributed by atoms with Crippen molar-refractivity contribution in [3.05, 3.63) is 35.7 Å². The highest BCUT2D eigenvalue weighted by molar-refractivity contribution is 5.67. The predicted molar refractivity (Wildman–Crippen MR) is 101 cm³/mol. The van der Waals surface area contributed by atoms with Crippen molar-refractivity contribution in [3.8, 4) is 11.8 Å². The number of aliphatic carboxylic acids is 1. The number of pyridine rings is 1. The molecule has 0 amide bonds. The summed E-state index contributed by atoms with van der Waals surface area (Å²) in [5.41, 5.74) is 1.35. The Balaban J connectivity index is 2.38. The molecule has 0 aliphatic heterocycles. The van der Waals surface area contributed by atoms with Crippen molar-refractivity contribution < 1.29 is 15.0 Å². The van der Waals surface area contributed by atoms with E-state index in [0.29, 0.717) is 12.1 Å². The molecule has 0 saturated carbocycles. The van der Waals surface area contributed by atoms with Crippen molar-refractivity contribution in [2.45, 2.75) is 70.8 Å². The number of nitrogens with zero attached hydrogens (tertiary/aromatic N) is 1. The van der Waals surface area contributed by atoms with Crippen LogP contribution in [-0.2, 0) is 4.79 Å². The molecule has 0 aliphatic rings. The number of hydrogen-bond donors (Lipinski definition) is 2. The standard InChI is InChI=1S/C21H29NO3/c1-2-3-4-5-6-7-14-20(23)17-16-19-13-10-12-18(22-19)11-8-9-15-21(24)25/h10,12-13,16-17,20,23H,2-7,9,14-15H2,1H3,(H,24,25)/b17-16+. The van der Waals surface area contributed by atoms with E-state index in [2.05, 4.69) is 23.7 Å². The van der Waals surface area contributed by atoms with Crippen LogP contribution in [0.15, 0.2) is 24.3 Å². The van der Waals surface area contributed by atoms with Crippen molar-refractivity contribution in [2.75, 3.05) is 0 Å². The summed E-state index contributed by atoms with van der Waals surface area (Å²) in [7, 11) is 0. The van der Waals surface area contributed by atoms with Crippen LogP contribution < -0.4 is 0 Å². The number of carbonyl (C=O) groups is 1. The number of carboxylic acids is 1. The van der Waals surface area contributed by atoms with Gasteiger partial charge in [-0.3, -0.25) is 4.79 Å². The van der Waals surface area contributed by atoms with Crippen molar-refractivity contribution in [3.63, 3.8) is 0 Å². The Labute approximate surface area is 151 Å². The third-order valence-corrected chi connectivity index (χ3v) is 3.79. The smallest absolute Gasteiger partial charge is 0.304 e. The van der Waals surface area contributed by atoms with Gasteiger partial charge in [-0.2, -0.15) is 0 Å². The van der Waals surface area contributed by atoms with Gasteiger partial charge in [-0.05, 0) is 30.6 Å². The van der Waals surface area contributed by atoms with Gasteiger partial charge in [-0.1, -0.05) is 63.5 Å². The lowest BCUT2D eigenvalue weighted by Crippen LogP contribution is -2.01. The normalized spacial score (nSPS) is 11.9. The highest BCUT2D eigenvalue weighted by Gasteiger charge is 2.00. The molecule has 2 N–H and O–H groups in total. The summed E-state index contributed by atoms with van der Waals surface area (Å²) >= 11 is 0. The molecular weight excluding hydrogens is 314 g/mol. The van der Waals surface area contributed by atoms with Crippen molar-refractivity contribution >= 4 is 12.0 Å². The Kier molecular flexibility index (Phi) is 11.0. The Bertz CT molecular complexity index is 599. The molecule has 25 heavy (non-hydrogen) atoms. The SMILES string of the molecule is CCCCCCCCC(O)/C=C/c1cccc(C#CCCC(=O)O)n1.